The Kier molecular flexibility index (Phi) is 5.42. The summed E-state index contributed by atoms with van der Waals surface area (Å²) in [6.07, 6.45) is 4.07. The lowest BCUT2D eigenvalue weighted by atomic mass is 9.78. The Balaban J connectivity index is 1.62. The standard InChI is InChI=1S/C22H27NO2/c1-17-10-12-20(13-11-17)25-16-18(2)23-21(24)22(14-6-7-15-22)19-8-4-3-5-9-19/h3-5,8-13,18H,6-7,14-16H2,1-2H3,(H,23,24). The number of hydrogen-bond acceptors (Lipinski definition) is 2. The van der Waals surface area contributed by atoms with Crippen LogP contribution in [0.15, 0.2) is 54.6 Å². The van der Waals surface area contributed by atoms with Crippen LogP contribution in [0.3, 0.4) is 0 Å². The van der Waals surface area contributed by atoms with E-state index in [1.807, 2.05) is 49.4 Å². The minimum absolute atomic E-state index is 0.0324. The summed E-state index contributed by atoms with van der Waals surface area (Å²) in [5.74, 6) is 0.974. The highest BCUT2D eigenvalue weighted by atomic mass is 16.5. The smallest absolute Gasteiger partial charge is 0.230 e. The molecule has 0 spiro atoms. The molecule has 132 valence electrons. The molecule has 1 fully saturated rings. The number of benzene rings is 2. The summed E-state index contributed by atoms with van der Waals surface area (Å²) in [6, 6.07) is 18.2. The molecular formula is C22H27NO2. The fourth-order valence-electron chi connectivity index (χ4n) is 3.64. The molecule has 0 radical (unpaired) electrons. The van der Waals surface area contributed by atoms with E-state index in [2.05, 4.69) is 24.4 Å². The SMILES string of the molecule is Cc1ccc(OCC(C)NC(=O)C2(c3ccccc3)CCCC2)cc1. The Morgan fingerprint density at radius 1 is 1.08 bits per heavy atom. The van der Waals surface area contributed by atoms with Crippen LogP contribution in [0.2, 0.25) is 0 Å². The van der Waals surface area contributed by atoms with Crippen LogP contribution < -0.4 is 10.1 Å². The van der Waals surface area contributed by atoms with E-state index in [0.717, 1.165) is 37.0 Å². The maximum atomic E-state index is 13.1. The van der Waals surface area contributed by atoms with Crippen LogP contribution in [0.5, 0.6) is 5.75 Å². The van der Waals surface area contributed by atoms with Gasteiger partial charge in [-0.1, -0.05) is 60.9 Å². The number of rotatable bonds is 6. The highest BCUT2D eigenvalue weighted by Crippen LogP contribution is 2.41. The van der Waals surface area contributed by atoms with E-state index >= 15 is 0 Å². The topological polar surface area (TPSA) is 38.3 Å². The van der Waals surface area contributed by atoms with Gasteiger partial charge in [-0.15, -0.1) is 0 Å². The maximum absolute atomic E-state index is 13.1. The van der Waals surface area contributed by atoms with Gasteiger partial charge in [-0.3, -0.25) is 4.79 Å². The van der Waals surface area contributed by atoms with Crippen molar-refractivity contribution >= 4 is 5.91 Å². The Morgan fingerprint density at radius 2 is 1.72 bits per heavy atom. The molecule has 1 unspecified atom stereocenters. The number of amides is 1. The lowest BCUT2D eigenvalue weighted by molar-refractivity contribution is -0.127. The first-order valence-electron chi connectivity index (χ1n) is 9.16. The first kappa shape index (κ1) is 17.5. The van der Waals surface area contributed by atoms with Crippen molar-refractivity contribution < 1.29 is 9.53 Å². The van der Waals surface area contributed by atoms with E-state index in [1.54, 1.807) is 0 Å². The summed E-state index contributed by atoms with van der Waals surface area (Å²) in [5.41, 5.74) is 1.97. The molecule has 1 N–H and O–H groups in total. The molecule has 1 amide bonds. The zero-order chi connectivity index (χ0) is 17.7. The van der Waals surface area contributed by atoms with Crippen LogP contribution in [0, 0.1) is 6.92 Å². The number of hydrogen-bond donors (Lipinski definition) is 1. The quantitative estimate of drug-likeness (QED) is 0.849. The fourth-order valence-corrected chi connectivity index (χ4v) is 3.64. The minimum atomic E-state index is -0.376. The molecule has 1 saturated carbocycles. The van der Waals surface area contributed by atoms with E-state index in [-0.39, 0.29) is 17.4 Å². The molecule has 3 heteroatoms. The van der Waals surface area contributed by atoms with E-state index < -0.39 is 0 Å². The van der Waals surface area contributed by atoms with Crippen molar-refractivity contribution in [3.8, 4) is 5.75 Å². The molecule has 3 rings (SSSR count). The monoisotopic (exact) mass is 337 g/mol. The molecular weight excluding hydrogens is 310 g/mol. The third-order valence-corrected chi connectivity index (χ3v) is 5.12. The van der Waals surface area contributed by atoms with Gasteiger partial charge in [0.2, 0.25) is 5.91 Å². The number of carbonyl (C=O) groups is 1. The van der Waals surface area contributed by atoms with E-state index in [4.69, 9.17) is 4.74 Å². The van der Waals surface area contributed by atoms with Gasteiger partial charge in [-0.2, -0.15) is 0 Å². The van der Waals surface area contributed by atoms with Crippen molar-refractivity contribution in [1.82, 2.24) is 5.32 Å². The lowest BCUT2D eigenvalue weighted by Crippen LogP contribution is -2.47. The number of aryl methyl sites for hydroxylation is 1. The summed E-state index contributed by atoms with van der Waals surface area (Å²) in [4.78, 5) is 13.1. The Hall–Kier alpha value is -2.29. The van der Waals surface area contributed by atoms with Crippen molar-refractivity contribution in [2.75, 3.05) is 6.61 Å². The van der Waals surface area contributed by atoms with Crippen molar-refractivity contribution in [3.63, 3.8) is 0 Å². The molecule has 25 heavy (non-hydrogen) atoms. The number of ether oxygens (including phenoxy) is 1. The van der Waals surface area contributed by atoms with Gasteiger partial charge in [-0.05, 0) is 44.4 Å². The fraction of sp³-hybridized carbons (Fsp3) is 0.409. The molecule has 0 aliphatic heterocycles. The second kappa shape index (κ2) is 7.73. The highest BCUT2D eigenvalue weighted by Gasteiger charge is 2.42. The summed E-state index contributed by atoms with van der Waals surface area (Å²) in [7, 11) is 0. The van der Waals surface area contributed by atoms with E-state index in [9.17, 15) is 4.79 Å². The number of nitrogens with one attached hydrogen (secondary N) is 1. The van der Waals surface area contributed by atoms with E-state index in [0.29, 0.717) is 6.61 Å². The third kappa shape index (κ3) is 4.04. The van der Waals surface area contributed by atoms with Crippen LogP contribution >= 0.6 is 0 Å². The first-order chi connectivity index (χ1) is 12.1. The predicted molar refractivity (Wildman–Crippen MR) is 101 cm³/mol. The second-order valence-electron chi connectivity index (χ2n) is 7.15. The van der Waals surface area contributed by atoms with Gasteiger partial charge in [0.15, 0.2) is 0 Å². The van der Waals surface area contributed by atoms with Gasteiger partial charge < -0.3 is 10.1 Å². The average molecular weight is 337 g/mol. The van der Waals surface area contributed by atoms with Gasteiger partial charge in [0.25, 0.3) is 0 Å². The molecule has 2 aromatic carbocycles. The van der Waals surface area contributed by atoms with Crippen molar-refractivity contribution in [2.24, 2.45) is 0 Å². The zero-order valence-electron chi connectivity index (χ0n) is 15.1. The highest BCUT2D eigenvalue weighted by molar-refractivity contribution is 5.88. The van der Waals surface area contributed by atoms with Gasteiger partial charge in [0.05, 0.1) is 11.5 Å². The van der Waals surface area contributed by atoms with Crippen LogP contribution in [-0.4, -0.2) is 18.6 Å². The van der Waals surface area contributed by atoms with Gasteiger partial charge in [-0.25, -0.2) is 0 Å². The van der Waals surface area contributed by atoms with Crippen molar-refractivity contribution in [3.05, 3.63) is 65.7 Å². The van der Waals surface area contributed by atoms with Crippen LogP contribution in [0.1, 0.15) is 43.7 Å². The van der Waals surface area contributed by atoms with Crippen LogP contribution in [-0.2, 0) is 10.2 Å². The van der Waals surface area contributed by atoms with Crippen LogP contribution in [0.25, 0.3) is 0 Å². The molecule has 1 aliphatic rings. The third-order valence-electron chi connectivity index (χ3n) is 5.12. The Labute approximate surface area is 150 Å². The average Bonchev–Trinajstić information content (AvgIpc) is 3.13. The molecule has 3 nitrogen and oxygen atoms in total. The van der Waals surface area contributed by atoms with Crippen LogP contribution in [0.4, 0.5) is 0 Å². The predicted octanol–water partition coefficient (Wildman–Crippen LogP) is 4.39. The Morgan fingerprint density at radius 3 is 2.36 bits per heavy atom. The van der Waals surface area contributed by atoms with Crippen molar-refractivity contribution in [1.29, 1.82) is 0 Å². The largest absolute Gasteiger partial charge is 0.491 e. The zero-order valence-corrected chi connectivity index (χ0v) is 15.1. The van der Waals surface area contributed by atoms with E-state index in [1.165, 1.54) is 5.56 Å². The summed E-state index contributed by atoms with van der Waals surface area (Å²) in [6.45, 7) is 4.52. The molecule has 0 bridgehead atoms. The molecule has 2 aromatic rings. The van der Waals surface area contributed by atoms with Gasteiger partial charge in [0, 0.05) is 0 Å². The molecule has 0 aromatic heterocycles. The first-order valence-corrected chi connectivity index (χ1v) is 9.16. The molecule has 1 atom stereocenters. The van der Waals surface area contributed by atoms with Gasteiger partial charge >= 0.3 is 0 Å². The molecule has 1 aliphatic carbocycles. The second-order valence-corrected chi connectivity index (χ2v) is 7.15. The molecule has 0 saturated heterocycles. The summed E-state index contributed by atoms with van der Waals surface area (Å²) in [5, 5.41) is 3.18. The number of carbonyl (C=O) groups excluding carboxylic acids is 1. The molecule has 0 heterocycles. The van der Waals surface area contributed by atoms with Gasteiger partial charge in [0.1, 0.15) is 12.4 Å². The maximum Gasteiger partial charge on any atom is 0.230 e. The summed E-state index contributed by atoms with van der Waals surface area (Å²) >= 11 is 0. The Bertz CT molecular complexity index is 688. The minimum Gasteiger partial charge on any atom is -0.491 e. The summed E-state index contributed by atoms with van der Waals surface area (Å²) < 4.78 is 5.81. The van der Waals surface area contributed by atoms with Crippen molar-refractivity contribution in [2.45, 2.75) is 51.0 Å². The normalized spacial score (nSPS) is 17.0. The lowest BCUT2D eigenvalue weighted by Gasteiger charge is -2.30.